The molecule has 0 spiro atoms. The number of rotatable bonds is 7. The molecule has 1 aromatic rings. The van der Waals surface area contributed by atoms with Gasteiger partial charge in [-0.2, -0.15) is 0 Å². The van der Waals surface area contributed by atoms with Crippen LogP contribution in [0.1, 0.15) is 12.8 Å². The summed E-state index contributed by atoms with van der Waals surface area (Å²) in [5, 5.41) is 2.74. The van der Waals surface area contributed by atoms with Crippen LogP contribution in [0.15, 0.2) is 24.3 Å². The number of methoxy groups -OCH3 is 1. The van der Waals surface area contributed by atoms with Gasteiger partial charge in [0.15, 0.2) is 0 Å². The van der Waals surface area contributed by atoms with Crippen molar-refractivity contribution in [3.8, 4) is 11.5 Å². The first-order chi connectivity index (χ1) is 10.2. The van der Waals surface area contributed by atoms with Gasteiger partial charge in [0.05, 0.1) is 20.2 Å². The zero-order valence-electron chi connectivity index (χ0n) is 12.1. The molecule has 1 heterocycles. The molecule has 1 aliphatic rings. The minimum absolute atomic E-state index is 0.0552. The summed E-state index contributed by atoms with van der Waals surface area (Å²) in [4.78, 5) is 24.6. The monoisotopic (exact) mass is 292 g/mol. The van der Waals surface area contributed by atoms with Crippen molar-refractivity contribution in [3.63, 3.8) is 0 Å². The highest BCUT2D eigenvalue weighted by atomic mass is 16.5. The second-order valence-corrected chi connectivity index (χ2v) is 4.79. The van der Waals surface area contributed by atoms with E-state index in [1.165, 1.54) is 0 Å². The van der Waals surface area contributed by atoms with Crippen molar-refractivity contribution in [2.45, 2.75) is 12.8 Å². The van der Waals surface area contributed by atoms with Crippen molar-refractivity contribution in [1.29, 1.82) is 0 Å². The van der Waals surface area contributed by atoms with Crippen molar-refractivity contribution in [2.24, 2.45) is 0 Å². The molecular formula is C15H20N2O4. The quantitative estimate of drug-likeness (QED) is 0.755. The molecule has 21 heavy (non-hydrogen) atoms. The molecule has 6 nitrogen and oxygen atoms in total. The summed E-state index contributed by atoms with van der Waals surface area (Å²) in [5.41, 5.74) is 0. The Kier molecular flexibility index (Phi) is 5.43. The maximum Gasteiger partial charge on any atom is 0.239 e. The number of hydrogen-bond acceptors (Lipinski definition) is 4. The van der Waals surface area contributed by atoms with Crippen LogP contribution in [0, 0.1) is 0 Å². The van der Waals surface area contributed by atoms with Crippen LogP contribution in [0.5, 0.6) is 11.5 Å². The van der Waals surface area contributed by atoms with Crippen molar-refractivity contribution in [1.82, 2.24) is 10.2 Å². The molecule has 0 radical (unpaired) electrons. The van der Waals surface area contributed by atoms with Gasteiger partial charge in [-0.25, -0.2) is 0 Å². The van der Waals surface area contributed by atoms with Crippen LogP contribution >= 0.6 is 0 Å². The number of nitrogens with zero attached hydrogens (tertiary/aromatic N) is 1. The number of likely N-dealkylation sites (tertiary alicyclic amines) is 1. The van der Waals surface area contributed by atoms with E-state index in [2.05, 4.69) is 5.32 Å². The predicted molar refractivity (Wildman–Crippen MR) is 77.3 cm³/mol. The molecule has 0 bridgehead atoms. The third-order valence-corrected chi connectivity index (χ3v) is 3.26. The number of benzene rings is 1. The normalized spacial score (nSPS) is 14.1. The van der Waals surface area contributed by atoms with Gasteiger partial charge in [0.1, 0.15) is 18.1 Å². The highest BCUT2D eigenvalue weighted by Crippen LogP contribution is 2.16. The van der Waals surface area contributed by atoms with Gasteiger partial charge < -0.3 is 19.7 Å². The third-order valence-electron chi connectivity index (χ3n) is 3.26. The zero-order valence-corrected chi connectivity index (χ0v) is 12.1. The summed E-state index contributed by atoms with van der Waals surface area (Å²) in [6.07, 6.45) is 1.39. The van der Waals surface area contributed by atoms with Crippen LogP contribution in [0.4, 0.5) is 0 Å². The van der Waals surface area contributed by atoms with E-state index in [9.17, 15) is 9.59 Å². The number of ether oxygens (including phenoxy) is 2. The molecule has 0 atom stereocenters. The maximum atomic E-state index is 11.7. The molecule has 1 fully saturated rings. The zero-order chi connectivity index (χ0) is 15.1. The highest BCUT2D eigenvalue weighted by molar-refractivity contribution is 5.85. The number of carbonyl (C=O) groups is 2. The highest BCUT2D eigenvalue weighted by Gasteiger charge is 2.21. The van der Waals surface area contributed by atoms with E-state index in [1.54, 1.807) is 12.0 Å². The molecule has 6 heteroatoms. The summed E-state index contributed by atoms with van der Waals surface area (Å²) < 4.78 is 10.5. The molecule has 0 unspecified atom stereocenters. The average Bonchev–Trinajstić information content (AvgIpc) is 2.89. The molecule has 114 valence electrons. The van der Waals surface area contributed by atoms with E-state index in [-0.39, 0.29) is 18.4 Å². The fraction of sp³-hybridized carbons (Fsp3) is 0.467. The van der Waals surface area contributed by atoms with Gasteiger partial charge in [0, 0.05) is 13.0 Å². The fourth-order valence-corrected chi connectivity index (χ4v) is 2.13. The Morgan fingerprint density at radius 2 is 2.00 bits per heavy atom. The summed E-state index contributed by atoms with van der Waals surface area (Å²) >= 11 is 0. The van der Waals surface area contributed by atoms with Crippen molar-refractivity contribution in [3.05, 3.63) is 24.3 Å². The Morgan fingerprint density at radius 3 is 2.62 bits per heavy atom. The lowest BCUT2D eigenvalue weighted by molar-refractivity contribution is -0.133. The second-order valence-electron chi connectivity index (χ2n) is 4.79. The molecule has 2 amide bonds. The lowest BCUT2D eigenvalue weighted by Crippen LogP contribution is -2.39. The summed E-state index contributed by atoms with van der Waals surface area (Å²) in [5.74, 6) is 1.40. The smallest absolute Gasteiger partial charge is 0.239 e. The van der Waals surface area contributed by atoms with E-state index in [0.717, 1.165) is 17.9 Å². The van der Waals surface area contributed by atoms with Gasteiger partial charge in [0.2, 0.25) is 11.8 Å². The number of hydrogen-bond donors (Lipinski definition) is 1. The maximum absolute atomic E-state index is 11.7. The van der Waals surface area contributed by atoms with Crippen molar-refractivity contribution in [2.75, 3.05) is 33.4 Å². The van der Waals surface area contributed by atoms with Crippen LogP contribution in [-0.2, 0) is 9.59 Å². The van der Waals surface area contributed by atoms with Crippen LogP contribution in [0.25, 0.3) is 0 Å². The van der Waals surface area contributed by atoms with Crippen molar-refractivity contribution >= 4 is 11.8 Å². The SMILES string of the molecule is COc1ccc(OCCNC(=O)CN2CCCC2=O)cc1. The molecule has 0 saturated carbocycles. The first kappa shape index (κ1) is 15.2. The number of carbonyl (C=O) groups excluding carboxylic acids is 2. The van der Waals surface area contributed by atoms with E-state index in [1.807, 2.05) is 24.3 Å². The van der Waals surface area contributed by atoms with Crippen molar-refractivity contribution < 1.29 is 19.1 Å². The molecule has 1 saturated heterocycles. The largest absolute Gasteiger partial charge is 0.497 e. The van der Waals surface area contributed by atoms with Crippen LogP contribution in [0.2, 0.25) is 0 Å². The number of nitrogens with one attached hydrogen (secondary N) is 1. The summed E-state index contributed by atoms with van der Waals surface area (Å²) in [6.45, 7) is 1.61. The van der Waals surface area contributed by atoms with E-state index in [0.29, 0.717) is 26.1 Å². The van der Waals surface area contributed by atoms with Crippen LogP contribution in [-0.4, -0.2) is 50.1 Å². The molecule has 0 aromatic heterocycles. The molecular weight excluding hydrogens is 272 g/mol. The predicted octanol–water partition coefficient (Wildman–Crippen LogP) is 0.813. The van der Waals surface area contributed by atoms with Gasteiger partial charge in [-0.1, -0.05) is 0 Å². The summed E-state index contributed by atoms with van der Waals surface area (Å²) in [7, 11) is 1.61. The number of amides is 2. The topological polar surface area (TPSA) is 67.9 Å². The second kappa shape index (κ2) is 7.52. The Labute approximate surface area is 124 Å². The fourth-order valence-electron chi connectivity index (χ4n) is 2.13. The van der Waals surface area contributed by atoms with Crippen LogP contribution < -0.4 is 14.8 Å². The lowest BCUT2D eigenvalue weighted by Gasteiger charge is -2.15. The molecule has 1 aliphatic heterocycles. The molecule has 1 aromatic carbocycles. The lowest BCUT2D eigenvalue weighted by atomic mass is 10.3. The van der Waals surface area contributed by atoms with Gasteiger partial charge in [-0.15, -0.1) is 0 Å². The van der Waals surface area contributed by atoms with Gasteiger partial charge in [-0.3, -0.25) is 9.59 Å². The average molecular weight is 292 g/mol. The van der Waals surface area contributed by atoms with E-state index in [4.69, 9.17) is 9.47 Å². The van der Waals surface area contributed by atoms with Gasteiger partial charge >= 0.3 is 0 Å². The summed E-state index contributed by atoms with van der Waals surface area (Å²) in [6, 6.07) is 7.24. The Morgan fingerprint density at radius 1 is 1.29 bits per heavy atom. The van der Waals surface area contributed by atoms with Gasteiger partial charge in [-0.05, 0) is 30.7 Å². The minimum atomic E-state index is -0.149. The van der Waals surface area contributed by atoms with Gasteiger partial charge in [0.25, 0.3) is 0 Å². The minimum Gasteiger partial charge on any atom is -0.497 e. The Hall–Kier alpha value is -2.24. The Bertz CT molecular complexity index is 487. The van der Waals surface area contributed by atoms with Crippen LogP contribution in [0.3, 0.4) is 0 Å². The molecule has 2 rings (SSSR count). The Balaban J connectivity index is 1.62. The first-order valence-corrected chi connectivity index (χ1v) is 7.00. The standard InChI is InChI=1S/C15H20N2O4/c1-20-12-4-6-13(7-5-12)21-10-8-16-14(18)11-17-9-2-3-15(17)19/h4-7H,2-3,8-11H2,1H3,(H,16,18). The molecule has 1 N–H and O–H groups in total. The molecule has 0 aliphatic carbocycles. The first-order valence-electron chi connectivity index (χ1n) is 7.00. The van der Waals surface area contributed by atoms with E-state index < -0.39 is 0 Å². The van der Waals surface area contributed by atoms with E-state index >= 15 is 0 Å². The third kappa shape index (κ3) is 4.66.